The summed E-state index contributed by atoms with van der Waals surface area (Å²) in [7, 11) is 0. The summed E-state index contributed by atoms with van der Waals surface area (Å²) in [6, 6.07) is 3.81. The quantitative estimate of drug-likeness (QED) is 0.0336. The number of β-lactam (4-membered cyclic amide) rings is 1. The molecule has 16 nitrogen and oxygen atoms in total. The average Bonchev–Trinajstić information content (AvgIpc) is 3.69. The van der Waals surface area contributed by atoms with E-state index in [2.05, 4.69) is 15.5 Å². The first-order valence-corrected chi connectivity index (χ1v) is 17.3. The number of nitrogen functional groups attached to an aromatic ring is 1. The number of carbonyl (C=O) groups excluding carboxylic acids is 4. The number of hydrogen-bond donors (Lipinski definition) is 5. The van der Waals surface area contributed by atoms with E-state index in [0.717, 1.165) is 37.3 Å². The van der Waals surface area contributed by atoms with Crippen molar-refractivity contribution >= 4 is 64.0 Å². The molecule has 3 aliphatic rings. The van der Waals surface area contributed by atoms with Crippen LogP contribution in [0.25, 0.3) is 0 Å². The third kappa shape index (κ3) is 7.81. The number of rotatable bonds is 15. The summed E-state index contributed by atoms with van der Waals surface area (Å²) in [5.41, 5.74) is 6.39. The number of phenolic OH excluding ortho intramolecular Hbond substituents is 2. The zero-order valence-corrected chi connectivity index (χ0v) is 28.4. The fraction of sp³-hybridized carbons (Fsp3) is 0.452. The third-order valence-corrected chi connectivity index (χ3v) is 10.7. The van der Waals surface area contributed by atoms with Gasteiger partial charge in [0.25, 0.3) is 18.2 Å². The Morgan fingerprint density at radius 1 is 1.22 bits per heavy atom. The number of nitrogens with two attached hydrogens (primary N) is 1. The minimum atomic E-state index is -1.49. The van der Waals surface area contributed by atoms with Gasteiger partial charge in [-0.3, -0.25) is 24.1 Å². The molecule has 2 amide bonds. The lowest BCUT2D eigenvalue weighted by Gasteiger charge is -2.50. The monoisotopic (exact) mass is 717 g/mol. The number of carboxylic acids is 1. The number of ether oxygens (including phenoxy) is 1. The molecule has 0 radical (unpaired) electrons. The molecule has 18 heteroatoms. The Bertz CT molecular complexity index is 1720. The molecule has 1 aromatic heterocycles. The van der Waals surface area contributed by atoms with Crippen molar-refractivity contribution in [3.05, 3.63) is 46.1 Å². The Hall–Kier alpha value is -4.68. The number of nitrogens with one attached hydrogen (secondary N) is 1. The van der Waals surface area contributed by atoms with Crippen LogP contribution in [0.5, 0.6) is 11.5 Å². The standard InChI is InChI=1S/C31H36N6O10S2/c1-31(2,46-16-38)47-35-24(20-15-49-30(32)34-20)23(41)12-19-27(43)36-25(29(44)45)18(14-48-28(19)36)13-37(8-3-4-9-37)10-7-33-26(42)17-5-6-21(39)22(40)11-17/h5-6,11,15-16,19,28H,3-4,7-10,12-14H2,1-2H3,(H5-,32,33,34,35,39,40,41,42,44,45)/p+1/t19-,28-/m1/s1. The van der Waals surface area contributed by atoms with Gasteiger partial charge >= 0.3 is 5.97 Å². The minimum absolute atomic E-state index is 0.0808. The number of likely N-dealkylation sites (tertiary alicyclic amines) is 1. The van der Waals surface area contributed by atoms with Gasteiger partial charge < -0.3 is 40.4 Å². The van der Waals surface area contributed by atoms with Crippen LogP contribution in [0.3, 0.4) is 0 Å². The first-order chi connectivity index (χ1) is 23.2. The van der Waals surface area contributed by atoms with Gasteiger partial charge in [-0.05, 0) is 18.2 Å². The molecular formula is C31H37N6O10S2+. The lowest BCUT2D eigenvalue weighted by molar-refractivity contribution is -0.911. The largest absolute Gasteiger partial charge is 0.504 e. The fourth-order valence-corrected chi connectivity index (χ4v) is 8.16. The fourth-order valence-electron chi connectivity index (χ4n) is 6.21. The number of aromatic nitrogens is 1. The van der Waals surface area contributed by atoms with E-state index in [1.165, 1.54) is 54.1 Å². The predicted octanol–water partition coefficient (Wildman–Crippen LogP) is 1.64. The zero-order valence-electron chi connectivity index (χ0n) is 26.8. The van der Waals surface area contributed by atoms with Crippen molar-refractivity contribution in [3.8, 4) is 11.5 Å². The maximum Gasteiger partial charge on any atom is 0.352 e. The highest BCUT2D eigenvalue weighted by Crippen LogP contribution is 2.46. The molecule has 0 saturated carbocycles. The van der Waals surface area contributed by atoms with Crippen molar-refractivity contribution in [2.45, 2.75) is 44.3 Å². The molecule has 0 unspecified atom stereocenters. The highest BCUT2D eigenvalue weighted by atomic mass is 32.2. The van der Waals surface area contributed by atoms with Crippen molar-refractivity contribution in [2.24, 2.45) is 11.1 Å². The van der Waals surface area contributed by atoms with Crippen LogP contribution in [0.15, 0.2) is 40.0 Å². The molecule has 2 saturated heterocycles. The van der Waals surface area contributed by atoms with E-state index >= 15 is 0 Å². The van der Waals surface area contributed by atoms with Crippen LogP contribution in [-0.2, 0) is 28.8 Å². The molecule has 5 rings (SSSR count). The van der Waals surface area contributed by atoms with Crippen molar-refractivity contribution in [3.63, 3.8) is 0 Å². The number of nitrogens with zero attached hydrogens (tertiary/aromatic N) is 4. The number of amides is 2. The molecule has 3 aliphatic heterocycles. The third-order valence-electron chi connectivity index (χ3n) is 8.63. The molecule has 262 valence electrons. The first kappa shape index (κ1) is 35.6. The lowest BCUT2D eigenvalue weighted by Crippen LogP contribution is -2.63. The number of quaternary nitrogens is 1. The van der Waals surface area contributed by atoms with E-state index in [9.17, 15) is 39.3 Å². The average molecular weight is 718 g/mol. The molecule has 4 heterocycles. The van der Waals surface area contributed by atoms with E-state index in [-0.39, 0.29) is 53.0 Å². The van der Waals surface area contributed by atoms with Crippen molar-refractivity contribution < 1.29 is 53.3 Å². The van der Waals surface area contributed by atoms with Gasteiger partial charge in [-0.15, -0.1) is 23.1 Å². The number of ketones is 1. The summed E-state index contributed by atoms with van der Waals surface area (Å²) in [5.74, 6) is -5.44. The molecule has 0 aliphatic carbocycles. The number of fused-ring (bicyclic) bond motifs is 1. The second-order valence-corrected chi connectivity index (χ2v) is 14.4. The number of carboxylic acid groups (broad SMARTS) is 1. The highest BCUT2D eigenvalue weighted by Gasteiger charge is 2.55. The van der Waals surface area contributed by atoms with Crippen LogP contribution >= 0.6 is 23.1 Å². The van der Waals surface area contributed by atoms with Gasteiger partial charge in [0.1, 0.15) is 17.9 Å². The Labute approximate surface area is 289 Å². The van der Waals surface area contributed by atoms with E-state index < -0.39 is 46.4 Å². The molecule has 1 aromatic carbocycles. The molecule has 2 aromatic rings. The van der Waals surface area contributed by atoms with Gasteiger partial charge in [0.2, 0.25) is 5.91 Å². The number of thioether (sulfide) groups is 1. The van der Waals surface area contributed by atoms with Crippen LogP contribution in [0.1, 0.15) is 49.2 Å². The SMILES string of the molecule is CC(C)(OC=O)O/N=C(\C(=O)C[C@@H]1C(=O)N2C(C(=O)O)=C(C[N+]3(CCNC(=O)c4ccc(O)c(O)c4)CCCC3)CS[C@H]12)c1csc(N)n1. The van der Waals surface area contributed by atoms with Gasteiger partial charge in [-0.2, -0.15) is 0 Å². The number of thiazole rings is 1. The molecule has 2 fully saturated rings. The van der Waals surface area contributed by atoms with Gasteiger partial charge in [-0.1, -0.05) is 5.16 Å². The number of aliphatic carboxylic acids is 1. The summed E-state index contributed by atoms with van der Waals surface area (Å²) in [6.45, 7) is 5.74. The van der Waals surface area contributed by atoms with Crippen LogP contribution in [0.2, 0.25) is 0 Å². The highest BCUT2D eigenvalue weighted by molar-refractivity contribution is 8.00. The number of benzene rings is 1. The van der Waals surface area contributed by atoms with Crippen LogP contribution in [-0.4, -0.2) is 115 Å². The Balaban J connectivity index is 1.28. The molecule has 0 bridgehead atoms. The van der Waals surface area contributed by atoms with E-state index in [1.54, 1.807) is 0 Å². The molecular weight excluding hydrogens is 681 g/mol. The number of anilines is 1. The number of Topliss-reactive ketones (excluding diaryl/α,β-unsaturated/α-hetero) is 1. The number of phenols is 2. The zero-order chi connectivity index (χ0) is 35.5. The Morgan fingerprint density at radius 3 is 2.59 bits per heavy atom. The molecule has 2 atom stereocenters. The van der Waals surface area contributed by atoms with Gasteiger partial charge in [-0.25, -0.2) is 9.78 Å². The molecule has 6 N–H and O–H groups in total. The maximum atomic E-state index is 13.5. The summed E-state index contributed by atoms with van der Waals surface area (Å²) in [5, 5.41) is 37.4. The molecule has 0 spiro atoms. The minimum Gasteiger partial charge on any atom is -0.504 e. The van der Waals surface area contributed by atoms with Crippen molar-refractivity contribution in [1.29, 1.82) is 0 Å². The summed E-state index contributed by atoms with van der Waals surface area (Å²) < 4.78 is 5.37. The second kappa shape index (κ2) is 14.4. The van der Waals surface area contributed by atoms with Gasteiger partial charge in [0, 0.05) is 55.4 Å². The maximum absolute atomic E-state index is 13.5. The van der Waals surface area contributed by atoms with Crippen molar-refractivity contribution in [1.82, 2.24) is 15.2 Å². The normalized spacial score (nSPS) is 20.3. The molecule has 49 heavy (non-hydrogen) atoms. The number of hydrogen-bond acceptors (Lipinski definition) is 14. The van der Waals surface area contributed by atoms with E-state index in [0.29, 0.717) is 28.9 Å². The van der Waals surface area contributed by atoms with E-state index in [1.807, 2.05) is 0 Å². The number of oxime groups is 1. The summed E-state index contributed by atoms with van der Waals surface area (Å²) in [4.78, 5) is 73.8. The van der Waals surface area contributed by atoms with Crippen LogP contribution in [0.4, 0.5) is 5.13 Å². The second-order valence-electron chi connectivity index (χ2n) is 12.5. The van der Waals surface area contributed by atoms with Crippen molar-refractivity contribution in [2.75, 3.05) is 44.2 Å². The number of aromatic hydroxyl groups is 2. The van der Waals surface area contributed by atoms with Gasteiger partial charge in [0.05, 0.1) is 37.5 Å². The van der Waals surface area contributed by atoms with E-state index in [4.69, 9.17) is 15.3 Å². The topological polar surface area (TPSA) is 231 Å². The predicted molar refractivity (Wildman–Crippen MR) is 177 cm³/mol. The Morgan fingerprint density at radius 2 is 1.96 bits per heavy atom. The lowest BCUT2D eigenvalue weighted by atomic mass is 9.89. The van der Waals surface area contributed by atoms with Crippen LogP contribution in [0, 0.1) is 5.92 Å². The Kier molecular flexibility index (Phi) is 10.5. The number of carbonyl (C=O) groups is 5. The van der Waals surface area contributed by atoms with Gasteiger partial charge in [0.15, 0.2) is 28.1 Å². The summed E-state index contributed by atoms with van der Waals surface area (Å²) in [6.07, 6.45) is 1.56. The summed E-state index contributed by atoms with van der Waals surface area (Å²) >= 11 is 2.46. The van der Waals surface area contributed by atoms with Crippen LogP contribution < -0.4 is 11.1 Å². The smallest absolute Gasteiger partial charge is 0.352 e. The first-order valence-electron chi connectivity index (χ1n) is 15.4.